The Morgan fingerprint density at radius 2 is 1.68 bits per heavy atom. The Kier molecular flexibility index (Phi) is 6.04. The molecule has 0 saturated heterocycles. The highest BCUT2D eigenvalue weighted by Gasteiger charge is 2.37. The van der Waals surface area contributed by atoms with Crippen LogP contribution >= 0.6 is 11.8 Å². The molecule has 0 bridgehead atoms. The SMILES string of the molecule is O=C1CSC(N2N=C(c3ccc([N+](=O)[O-])cc3)CC2c2cn(-c3ccccc3)nc2-c2ccc(F)cc2)=N1. The van der Waals surface area contributed by atoms with E-state index in [4.69, 9.17) is 10.2 Å². The molecular formula is C27H19FN6O3S. The van der Waals surface area contributed by atoms with E-state index in [-0.39, 0.29) is 29.2 Å². The Hall–Kier alpha value is -4.64. The van der Waals surface area contributed by atoms with Crippen LogP contribution in [-0.4, -0.2) is 42.3 Å². The number of halogens is 1. The lowest BCUT2D eigenvalue weighted by Crippen LogP contribution is -2.24. The molecule has 188 valence electrons. The predicted molar refractivity (Wildman–Crippen MR) is 143 cm³/mol. The van der Waals surface area contributed by atoms with Gasteiger partial charge in [0.05, 0.1) is 33.8 Å². The minimum atomic E-state index is -0.447. The zero-order valence-corrected chi connectivity index (χ0v) is 20.6. The van der Waals surface area contributed by atoms with Gasteiger partial charge in [-0.2, -0.15) is 15.2 Å². The van der Waals surface area contributed by atoms with Crippen LogP contribution in [0.2, 0.25) is 0 Å². The Bertz CT molecular complexity index is 1600. The largest absolute Gasteiger partial charge is 0.272 e. The summed E-state index contributed by atoms with van der Waals surface area (Å²) in [7, 11) is 0. The second kappa shape index (κ2) is 9.67. The predicted octanol–water partition coefficient (Wildman–Crippen LogP) is 5.37. The molecule has 38 heavy (non-hydrogen) atoms. The first-order valence-electron chi connectivity index (χ1n) is 11.7. The van der Waals surface area contributed by atoms with Crippen molar-refractivity contribution in [1.82, 2.24) is 14.8 Å². The standard InChI is InChI=1S/C27H19FN6O3S/c28-19-10-6-18(7-11-19)26-22(15-32(31-26)20-4-2-1-3-5-20)24-14-23(17-8-12-21(13-9-17)34(36)37)30-33(24)27-29-25(35)16-38-27/h1-13,15,24H,14,16H2. The van der Waals surface area contributed by atoms with Crippen molar-refractivity contribution >= 4 is 34.2 Å². The molecule has 1 unspecified atom stereocenters. The lowest BCUT2D eigenvalue weighted by Gasteiger charge is -2.22. The normalized spacial score (nSPS) is 17.0. The number of rotatable bonds is 5. The molecule has 9 nitrogen and oxygen atoms in total. The fourth-order valence-corrected chi connectivity index (χ4v) is 5.25. The van der Waals surface area contributed by atoms with Gasteiger partial charge in [-0.3, -0.25) is 14.9 Å². The van der Waals surface area contributed by atoms with Gasteiger partial charge in [-0.1, -0.05) is 30.0 Å². The number of non-ortho nitro benzene ring substituents is 1. The molecule has 0 radical (unpaired) electrons. The molecule has 0 saturated carbocycles. The van der Waals surface area contributed by atoms with Gasteiger partial charge in [0, 0.05) is 35.9 Å². The molecule has 3 heterocycles. The first-order valence-corrected chi connectivity index (χ1v) is 12.7. The fraction of sp³-hybridized carbons (Fsp3) is 0.111. The molecule has 4 aromatic rings. The highest BCUT2D eigenvalue weighted by atomic mass is 32.2. The maximum atomic E-state index is 13.7. The molecule has 2 aliphatic rings. The number of nitro benzene ring substituents is 1. The first kappa shape index (κ1) is 23.7. The van der Waals surface area contributed by atoms with Gasteiger partial charge in [0.25, 0.3) is 11.6 Å². The van der Waals surface area contributed by atoms with Crippen molar-refractivity contribution in [3.63, 3.8) is 0 Å². The highest BCUT2D eigenvalue weighted by Crippen LogP contribution is 2.40. The quantitative estimate of drug-likeness (QED) is 0.256. The Morgan fingerprint density at radius 3 is 2.34 bits per heavy atom. The summed E-state index contributed by atoms with van der Waals surface area (Å²) in [5.41, 5.74) is 4.48. The monoisotopic (exact) mass is 526 g/mol. The summed E-state index contributed by atoms with van der Waals surface area (Å²) in [6.07, 6.45) is 2.36. The van der Waals surface area contributed by atoms with E-state index in [0.29, 0.717) is 23.0 Å². The topological polar surface area (TPSA) is 106 Å². The average molecular weight is 527 g/mol. The maximum absolute atomic E-state index is 13.7. The van der Waals surface area contributed by atoms with Crippen LogP contribution in [0.1, 0.15) is 23.6 Å². The molecule has 2 aliphatic heterocycles. The molecule has 1 atom stereocenters. The molecule has 0 N–H and O–H groups in total. The van der Waals surface area contributed by atoms with Crippen molar-refractivity contribution in [2.24, 2.45) is 10.1 Å². The number of thioether (sulfide) groups is 1. The third-order valence-electron chi connectivity index (χ3n) is 6.30. The fourth-order valence-electron chi connectivity index (χ4n) is 4.47. The van der Waals surface area contributed by atoms with Gasteiger partial charge >= 0.3 is 0 Å². The Labute approximate surface area is 220 Å². The van der Waals surface area contributed by atoms with Crippen molar-refractivity contribution in [3.8, 4) is 16.9 Å². The summed E-state index contributed by atoms with van der Waals surface area (Å²) in [5, 5.41) is 23.0. The zero-order valence-electron chi connectivity index (χ0n) is 19.8. The van der Waals surface area contributed by atoms with Crippen LogP contribution in [0.4, 0.5) is 10.1 Å². The first-order chi connectivity index (χ1) is 18.5. The van der Waals surface area contributed by atoms with Crippen molar-refractivity contribution in [2.75, 3.05) is 5.75 Å². The van der Waals surface area contributed by atoms with E-state index in [9.17, 15) is 19.3 Å². The van der Waals surface area contributed by atoms with Crippen LogP contribution in [0.25, 0.3) is 16.9 Å². The number of aliphatic imine (C=N–C) groups is 1. The minimum absolute atomic E-state index is 0.00944. The number of benzene rings is 3. The molecule has 1 aromatic heterocycles. The molecule has 0 aliphatic carbocycles. The lowest BCUT2D eigenvalue weighted by molar-refractivity contribution is -0.384. The van der Waals surface area contributed by atoms with Crippen LogP contribution in [0, 0.1) is 15.9 Å². The minimum Gasteiger partial charge on any atom is -0.272 e. The number of amides is 1. The van der Waals surface area contributed by atoms with E-state index >= 15 is 0 Å². The van der Waals surface area contributed by atoms with Crippen molar-refractivity contribution in [2.45, 2.75) is 12.5 Å². The van der Waals surface area contributed by atoms with Crippen LogP contribution in [0.5, 0.6) is 0 Å². The number of amidine groups is 1. The van der Waals surface area contributed by atoms with Crippen LogP contribution in [0.15, 0.2) is 95.2 Å². The number of nitro groups is 1. The van der Waals surface area contributed by atoms with E-state index < -0.39 is 4.92 Å². The van der Waals surface area contributed by atoms with Gasteiger partial charge in [-0.25, -0.2) is 14.1 Å². The number of nitrogens with zero attached hydrogens (tertiary/aromatic N) is 6. The average Bonchev–Trinajstić information content (AvgIpc) is 3.68. The molecular weight excluding hydrogens is 507 g/mol. The van der Waals surface area contributed by atoms with Crippen molar-refractivity contribution in [1.29, 1.82) is 0 Å². The van der Waals surface area contributed by atoms with Gasteiger partial charge in [0.2, 0.25) is 0 Å². The summed E-state index contributed by atoms with van der Waals surface area (Å²) < 4.78 is 15.5. The molecule has 0 spiro atoms. The Balaban J connectivity index is 1.46. The number of carbonyl (C=O) groups excluding carboxylic acids is 1. The van der Waals surface area contributed by atoms with Gasteiger partial charge in [0.15, 0.2) is 5.17 Å². The lowest BCUT2D eigenvalue weighted by atomic mass is 9.96. The molecule has 6 rings (SSSR count). The number of hydrazone groups is 1. The van der Waals surface area contributed by atoms with Crippen LogP contribution < -0.4 is 0 Å². The van der Waals surface area contributed by atoms with Crippen molar-refractivity contribution < 1.29 is 14.1 Å². The van der Waals surface area contributed by atoms with Crippen molar-refractivity contribution in [3.05, 3.63) is 112 Å². The number of hydrogen-bond donors (Lipinski definition) is 0. The third kappa shape index (κ3) is 4.48. The number of carbonyl (C=O) groups is 1. The van der Waals surface area contributed by atoms with Gasteiger partial charge in [0.1, 0.15) is 5.82 Å². The second-order valence-corrected chi connectivity index (χ2v) is 9.65. The summed E-state index contributed by atoms with van der Waals surface area (Å²) in [6, 6.07) is 21.6. The number of hydrogen-bond acceptors (Lipinski definition) is 7. The maximum Gasteiger partial charge on any atom is 0.269 e. The smallest absolute Gasteiger partial charge is 0.269 e. The van der Waals surface area contributed by atoms with E-state index in [1.807, 2.05) is 36.5 Å². The van der Waals surface area contributed by atoms with E-state index in [0.717, 1.165) is 22.4 Å². The van der Waals surface area contributed by atoms with E-state index in [2.05, 4.69) is 4.99 Å². The summed E-state index contributed by atoms with van der Waals surface area (Å²) in [6.45, 7) is 0. The van der Waals surface area contributed by atoms with Crippen LogP contribution in [0.3, 0.4) is 0 Å². The summed E-state index contributed by atoms with van der Waals surface area (Å²) in [5.74, 6) is -0.351. The summed E-state index contributed by atoms with van der Waals surface area (Å²) >= 11 is 1.31. The number of aromatic nitrogens is 2. The van der Waals surface area contributed by atoms with Gasteiger partial charge < -0.3 is 0 Å². The molecule has 3 aromatic carbocycles. The van der Waals surface area contributed by atoms with Gasteiger partial charge in [-0.05, 0) is 54.1 Å². The van der Waals surface area contributed by atoms with Gasteiger partial charge in [-0.15, -0.1) is 0 Å². The van der Waals surface area contributed by atoms with E-state index in [1.54, 1.807) is 34.0 Å². The molecule has 0 fully saturated rings. The molecule has 11 heteroatoms. The second-order valence-electron chi connectivity index (χ2n) is 8.71. The Morgan fingerprint density at radius 1 is 0.974 bits per heavy atom. The highest BCUT2D eigenvalue weighted by molar-refractivity contribution is 8.14. The molecule has 1 amide bonds. The van der Waals surface area contributed by atoms with E-state index in [1.165, 1.54) is 36.0 Å². The zero-order chi connectivity index (χ0) is 26.2. The summed E-state index contributed by atoms with van der Waals surface area (Å²) in [4.78, 5) is 26.9. The number of para-hydroxylation sites is 1. The third-order valence-corrected chi connectivity index (χ3v) is 7.23. The van der Waals surface area contributed by atoms with Crippen LogP contribution in [-0.2, 0) is 4.79 Å².